The average Bonchev–Trinajstić information content (AvgIpc) is 2.58. The van der Waals surface area contributed by atoms with Gasteiger partial charge in [-0.25, -0.2) is 0 Å². The van der Waals surface area contributed by atoms with Crippen molar-refractivity contribution in [2.75, 3.05) is 19.6 Å². The molecule has 0 aliphatic heterocycles. The third-order valence-corrected chi connectivity index (χ3v) is 3.26. The predicted octanol–water partition coefficient (Wildman–Crippen LogP) is -0.685. The summed E-state index contributed by atoms with van der Waals surface area (Å²) in [6.07, 6.45) is 1.53. The molecule has 0 spiro atoms. The molecule has 0 unspecified atom stereocenters. The minimum absolute atomic E-state index is 0.0127. The molecule has 0 aliphatic carbocycles. The van der Waals surface area contributed by atoms with E-state index >= 15 is 0 Å². The quantitative estimate of drug-likeness (QED) is 0.482. The molecule has 126 valence electrons. The van der Waals surface area contributed by atoms with Crippen molar-refractivity contribution in [3.63, 3.8) is 0 Å². The number of hydrogen-bond acceptors (Lipinski definition) is 4. The number of rotatable bonds is 9. The molecular weight excluding hydrogens is 296 g/mol. The Morgan fingerprint density at radius 3 is 2.22 bits per heavy atom. The highest BCUT2D eigenvalue weighted by atomic mass is 16.2. The first-order valence-electron chi connectivity index (χ1n) is 7.61. The Hall–Kier alpha value is -2.41. The lowest BCUT2D eigenvalue weighted by molar-refractivity contribution is -0.127. The van der Waals surface area contributed by atoms with Gasteiger partial charge in [0.1, 0.15) is 0 Å². The van der Waals surface area contributed by atoms with Crippen LogP contribution in [0.5, 0.6) is 0 Å². The zero-order chi connectivity index (χ0) is 17.1. The summed E-state index contributed by atoms with van der Waals surface area (Å²) in [5.41, 5.74) is 6.25. The van der Waals surface area contributed by atoms with Gasteiger partial charge in [0.25, 0.3) is 0 Å². The first kappa shape index (κ1) is 18.6. The number of carbonyl (C=O) groups excluding carboxylic acids is 3. The summed E-state index contributed by atoms with van der Waals surface area (Å²) >= 11 is 0. The summed E-state index contributed by atoms with van der Waals surface area (Å²) < 4.78 is 0. The van der Waals surface area contributed by atoms with Crippen LogP contribution in [0.4, 0.5) is 0 Å². The van der Waals surface area contributed by atoms with Crippen LogP contribution in [0.25, 0.3) is 0 Å². The summed E-state index contributed by atoms with van der Waals surface area (Å²) in [4.78, 5) is 34.3. The summed E-state index contributed by atoms with van der Waals surface area (Å²) in [5, 5.41) is 7.67. The molecule has 0 aliphatic rings. The predicted molar refractivity (Wildman–Crippen MR) is 87.4 cm³/mol. The lowest BCUT2D eigenvalue weighted by Gasteiger charge is -2.17. The third kappa shape index (κ3) is 7.96. The van der Waals surface area contributed by atoms with E-state index in [4.69, 9.17) is 5.73 Å². The molecule has 0 heterocycles. The van der Waals surface area contributed by atoms with Gasteiger partial charge < -0.3 is 21.7 Å². The van der Waals surface area contributed by atoms with Crippen molar-refractivity contribution in [3.05, 3.63) is 35.9 Å². The molecule has 1 aromatic carbocycles. The van der Waals surface area contributed by atoms with Crippen LogP contribution < -0.4 is 21.7 Å². The first-order chi connectivity index (χ1) is 11.0. The second-order valence-corrected chi connectivity index (χ2v) is 5.12. The van der Waals surface area contributed by atoms with E-state index in [1.807, 2.05) is 37.3 Å². The molecule has 7 nitrogen and oxygen atoms in total. The van der Waals surface area contributed by atoms with Crippen molar-refractivity contribution in [1.29, 1.82) is 0 Å². The summed E-state index contributed by atoms with van der Waals surface area (Å²) in [6.45, 7) is 1.51. The van der Waals surface area contributed by atoms with Gasteiger partial charge in [0.2, 0.25) is 17.7 Å². The topological polar surface area (TPSA) is 113 Å². The fraction of sp³-hybridized carbons (Fsp3) is 0.438. The lowest BCUT2D eigenvalue weighted by Crippen LogP contribution is -2.45. The second-order valence-electron chi connectivity index (χ2n) is 5.12. The Bertz CT molecular complexity index is 519. The molecule has 0 saturated heterocycles. The van der Waals surface area contributed by atoms with E-state index in [0.717, 1.165) is 18.4 Å². The Morgan fingerprint density at radius 1 is 1.00 bits per heavy atom. The van der Waals surface area contributed by atoms with Crippen LogP contribution in [0.3, 0.4) is 0 Å². The summed E-state index contributed by atoms with van der Waals surface area (Å²) in [5.74, 6) is -1.11. The molecule has 3 amide bonds. The zero-order valence-electron chi connectivity index (χ0n) is 13.3. The van der Waals surface area contributed by atoms with Gasteiger partial charge in [-0.2, -0.15) is 0 Å². The molecule has 1 aromatic rings. The Balaban J connectivity index is 2.31. The van der Waals surface area contributed by atoms with Crippen LogP contribution in [0.15, 0.2) is 30.3 Å². The first-order valence-corrected chi connectivity index (χ1v) is 7.61. The van der Waals surface area contributed by atoms with Crippen LogP contribution in [-0.2, 0) is 20.8 Å². The number of carbonyl (C=O) groups is 3. The normalized spacial score (nSPS) is 11.4. The van der Waals surface area contributed by atoms with E-state index < -0.39 is 11.8 Å². The van der Waals surface area contributed by atoms with Crippen molar-refractivity contribution in [3.8, 4) is 0 Å². The van der Waals surface area contributed by atoms with Crippen LogP contribution in [0.1, 0.15) is 18.9 Å². The molecule has 5 N–H and O–H groups in total. The van der Waals surface area contributed by atoms with Gasteiger partial charge in [-0.15, -0.1) is 0 Å². The van der Waals surface area contributed by atoms with Crippen molar-refractivity contribution < 1.29 is 14.4 Å². The van der Waals surface area contributed by atoms with Gasteiger partial charge in [0.05, 0.1) is 19.6 Å². The van der Waals surface area contributed by atoms with Crippen molar-refractivity contribution in [2.24, 2.45) is 5.73 Å². The van der Waals surface area contributed by atoms with Crippen LogP contribution in [-0.4, -0.2) is 43.4 Å². The molecule has 23 heavy (non-hydrogen) atoms. The fourth-order valence-corrected chi connectivity index (χ4v) is 1.97. The van der Waals surface area contributed by atoms with Gasteiger partial charge >= 0.3 is 0 Å². The SMILES string of the molecule is CC[C@@H](Cc1ccccc1)NC(=O)CNC(=O)CNC(=O)CN. The molecule has 1 rings (SSSR count). The Kier molecular flexibility index (Phi) is 8.38. The molecule has 0 fully saturated rings. The molecule has 1 atom stereocenters. The van der Waals surface area contributed by atoms with E-state index in [-0.39, 0.29) is 31.6 Å². The largest absolute Gasteiger partial charge is 0.352 e. The minimum atomic E-state index is -0.432. The molecular formula is C16H24N4O3. The summed E-state index contributed by atoms with van der Waals surface area (Å²) in [6, 6.07) is 9.90. The smallest absolute Gasteiger partial charge is 0.239 e. The Labute approximate surface area is 136 Å². The standard InChI is InChI=1S/C16H24N4O3/c1-2-13(8-12-6-4-3-5-7-12)20-16(23)11-19-15(22)10-18-14(21)9-17/h3-7,13H,2,8-11,17H2,1H3,(H,18,21)(H,19,22)(H,20,23)/t13-/m0/s1. The molecule has 0 bridgehead atoms. The van der Waals surface area contributed by atoms with Gasteiger partial charge in [-0.1, -0.05) is 37.3 Å². The lowest BCUT2D eigenvalue weighted by atomic mass is 10.0. The van der Waals surface area contributed by atoms with Gasteiger partial charge in [0.15, 0.2) is 0 Å². The van der Waals surface area contributed by atoms with Crippen LogP contribution in [0, 0.1) is 0 Å². The summed E-state index contributed by atoms with van der Waals surface area (Å²) in [7, 11) is 0. The van der Waals surface area contributed by atoms with E-state index in [1.165, 1.54) is 0 Å². The fourth-order valence-electron chi connectivity index (χ4n) is 1.97. The van der Waals surface area contributed by atoms with E-state index in [2.05, 4.69) is 16.0 Å². The Morgan fingerprint density at radius 2 is 1.61 bits per heavy atom. The average molecular weight is 320 g/mol. The molecule has 0 saturated carbocycles. The van der Waals surface area contributed by atoms with Crippen molar-refractivity contribution in [1.82, 2.24) is 16.0 Å². The van der Waals surface area contributed by atoms with Gasteiger partial charge in [-0.05, 0) is 18.4 Å². The number of benzene rings is 1. The molecule has 0 aromatic heterocycles. The monoisotopic (exact) mass is 320 g/mol. The number of amides is 3. The minimum Gasteiger partial charge on any atom is -0.352 e. The van der Waals surface area contributed by atoms with E-state index in [9.17, 15) is 14.4 Å². The third-order valence-electron chi connectivity index (χ3n) is 3.26. The molecule has 0 radical (unpaired) electrons. The van der Waals surface area contributed by atoms with Gasteiger partial charge in [0, 0.05) is 6.04 Å². The number of nitrogens with two attached hydrogens (primary N) is 1. The second kappa shape index (κ2) is 10.3. The maximum Gasteiger partial charge on any atom is 0.239 e. The number of hydrogen-bond donors (Lipinski definition) is 4. The van der Waals surface area contributed by atoms with E-state index in [0.29, 0.717) is 0 Å². The molecule has 7 heteroatoms. The van der Waals surface area contributed by atoms with Crippen molar-refractivity contribution >= 4 is 17.7 Å². The maximum absolute atomic E-state index is 11.9. The highest BCUT2D eigenvalue weighted by molar-refractivity contribution is 5.88. The number of nitrogens with one attached hydrogen (secondary N) is 3. The highest BCUT2D eigenvalue weighted by Gasteiger charge is 2.12. The van der Waals surface area contributed by atoms with E-state index in [1.54, 1.807) is 0 Å². The zero-order valence-corrected chi connectivity index (χ0v) is 13.3. The van der Waals surface area contributed by atoms with Crippen molar-refractivity contribution in [2.45, 2.75) is 25.8 Å². The van der Waals surface area contributed by atoms with Crippen LogP contribution in [0.2, 0.25) is 0 Å². The van der Waals surface area contributed by atoms with Gasteiger partial charge in [-0.3, -0.25) is 14.4 Å². The van der Waals surface area contributed by atoms with Crippen LogP contribution >= 0.6 is 0 Å². The maximum atomic E-state index is 11.9. The highest BCUT2D eigenvalue weighted by Crippen LogP contribution is 2.05.